The van der Waals surface area contributed by atoms with Gasteiger partial charge in [-0.2, -0.15) is 0 Å². The van der Waals surface area contributed by atoms with Gasteiger partial charge in [0.2, 0.25) is 11.8 Å². The van der Waals surface area contributed by atoms with Crippen molar-refractivity contribution in [2.24, 2.45) is 5.92 Å². The molecule has 3 amide bonds. The van der Waals surface area contributed by atoms with E-state index >= 15 is 0 Å². The van der Waals surface area contributed by atoms with Crippen molar-refractivity contribution in [3.05, 3.63) is 118 Å². The summed E-state index contributed by atoms with van der Waals surface area (Å²) in [4.78, 5) is 46.4. The van der Waals surface area contributed by atoms with E-state index in [1.807, 2.05) is 61.2 Å². The number of likely N-dealkylation sites (tertiary alicyclic amines) is 1. The summed E-state index contributed by atoms with van der Waals surface area (Å²) in [5.74, 6) is -0.406. The van der Waals surface area contributed by atoms with E-state index in [0.717, 1.165) is 34.7 Å². The molecule has 2 heterocycles. The zero-order valence-electron chi connectivity index (χ0n) is 25.2. The molecule has 1 aromatic heterocycles. The molecular formula is C35H38N4O4S. The number of nitrogens with one attached hydrogen (secondary N) is 2. The van der Waals surface area contributed by atoms with E-state index in [1.54, 1.807) is 42.5 Å². The first kappa shape index (κ1) is 30.9. The van der Waals surface area contributed by atoms with Gasteiger partial charge in [0.05, 0.1) is 17.7 Å². The van der Waals surface area contributed by atoms with E-state index in [4.69, 9.17) is 9.72 Å². The van der Waals surface area contributed by atoms with Gasteiger partial charge in [-0.05, 0) is 48.9 Å². The predicted octanol–water partition coefficient (Wildman–Crippen LogP) is 6.30. The van der Waals surface area contributed by atoms with Gasteiger partial charge in [-0.25, -0.2) is 9.78 Å². The zero-order chi connectivity index (χ0) is 31.1. The molecule has 1 fully saturated rings. The first-order valence-electron chi connectivity index (χ1n) is 15.0. The second-order valence-electron chi connectivity index (χ2n) is 11.4. The Morgan fingerprint density at radius 1 is 0.864 bits per heavy atom. The third kappa shape index (κ3) is 7.34. The maximum atomic E-state index is 14.0. The van der Waals surface area contributed by atoms with E-state index in [9.17, 15) is 14.4 Å². The molecule has 8 nitrogen and oxygen atoms in total. The molecule has 9 heteroatoms. The van der Waals surface area contributed by atoms with Crippen LogP contribution < -0.4 is 15.4 Å². The van der Waals surface area contributed by atoms with E-state index in [-0.39, 0.29) is 23.8 Å². The molecule has 3 atom stereocenters. The minimum Gasteiger partial charge on any atom is -0.410 e. The molecule has 228 valence electrons. The number of hydrogen-bond acceptors (Lipinski definition) is 6. The average Bonchev–Trinajstić information content (AvgIpc) is 3.71. The fraction of sp³-hybridized carbons (Fsp3) is 0.314. The molecule has 0 spiro atoms. The third-order valence-corrected chi connectivity index (χ3v) is 8.80. The molecule has 0 unspecified atom stereocenters. The lowest BCUT2D eigenvalue weighted by atomic mass is 9.89. The second kappa shape index (κ2) is 14.3. The van der Waals surface area contributed by atoms with Gasteiger partial charge in [-0.1, -0.05) is 92.7 Å². The van der Waals surface area contributed by atoms with Gasteiger partial charge in [0, 0.05) is 11.9 Å². The van der Waals surface area contributed by atoms with Crippen molar-refractivity contribution in [2.75, 3.05) is 6.54 Å². The standard InChI is InChI=1S/C35H38N4O4S/c1-23(2)31(38-32(40)24(3)36-35(42)43-27-18-11-6-12-19-27)34(41)39-21-13-20-29(39)33-37-28(22-44-33)30(25-14-7-4-8-15-25)26-16-9-5-10-17-26/h4-12,14-19,22-24,29-31H,13,20-21H2,1-3H3,(H,36,42)(H,38,40)/t24-,29+,31-/m0/s1. The molecule has 4 aromatic rings. The highest BCUT2D eigenvalue weighted by Crippen LogP contribution is 2.38. The highest BCUT2D eigenvalue weighted by molar-refractivity contribution is 7.09. The van der Waals surface area contributed by atoms with Gasteiger partial charge in [-0.3, -0.25) is 9.59 Å². The number of carbonyl (C=O) groups excluding carboxylic acids is 3. The normalized spacial score (nSPS) is 16.0. The Labute approximate surface area is 262 Å². The van der Waals surface area contributed by atoms with Gasteiger partial charge in [-0.15, -0.1) is 11.3 Å². The molecule has 0 radical (unpaired) electrons. The number of nitrogens with zero attached hydrogens (tertiary/aromatic N) is 2. The van der Waals surface area contributed by atoms with Crippen LogP contribution in [0, 0.1) is 5.92 Å². The van der Waals surface area contributed by atoms with Crippen LogP contribution in [0.4, 0.5) is 4.79 Å². The van der Waals surface area contributed by atoms with Gasteiger partial charge in [0.25, 0.3) is 0 Å². The van der Waals surface area contributed by atoms with E-state index < -0.39 is 24.1 Å². The Balaban J connectivity index is 1.29. The maximum absolute atomic E-state index is 14.0. The molecule has 44 heavy (non-hydrogen) atoms. The highest BCUT2D eigenvalue weighted by atomic mass is 32.1. The van der Waals surface area contributed by atoms with Crippen molar-refractivity contribution in [3.8, 4) is 5.75 Å². The molecule has 1 aliphatic heterocycles. The van der Waals surface area contributed by atoms with Crippen molar-refractivity contribution in [1.82, 2.24) is 20.5 Å². The Morgan fingerprint density at radius 3 is 2.05 bits per heavy atom. The highest BCUT2D eigenvalue weighted by Gasteiger charge is 2.38. The van der Waals surface area contributed by atoms with Crippen LogP contribution in [-0.4, -0.2) is 46.4 Å². The van der Waals surface area contributed by atoms with Crippen molar-refractivity contribution in [3.63, 3.8) is 0 Å². The van der Waals surface area contributed by atoms with Crippen LogP contribution in [0.15, 0.2) is 96.4 Å². The lowest BCUT2D eigenvalue weighted by Crippen LogP contribution is -2.55. The molecule has 0 aliphatic carbocycles. The minimum atomic E-state index is -0.899. The lowest BCUT2D eigenvalue weighted by molar-refractivity contribution is -0.138. The summed E-state index contributed by atoms with van der Waals surface area (Å²) in [6.45, 7) is 5.97. The largest absolute Gasteiger partial charge is 0.413 e. The SMILES string of the molecule is CC(C)[C@H](NC(=O)[C@H](C)NC(=O)Oc1ccccc1)C(=O)N1CCC[C@@H]1c1nc(C(c2ccccc2)c2ccccc2)cs1. The maximum Gasteiger partial charge on any atom is 0.413 e. The van der Waals surface area contributed by atoms with Gasteiger partial charge in [0.1, 0.15) is 22.8 Å². The van der Waals surface area contributed by atoms with Crippen molar-refractivity contribution < 1.29 is 19.1 Å². The summed E-state index contributed by atoms with van der Waals surface area (Å²) >= 11 is 1.58. The van der Waals surface area contributed by atoms with Crippen LogP contribution in [-0.2, 0) is 9.59 Å². The predicted molar refractivity (Wildman–Crippen MR) is 171 cm³/mol. The molecule has 0 saturated carbocycles. The lowest BCUT2D eigenvalue weighted by Gasteiger charge is -2.31. The topological polar surface area (TPSA) is 101 Å². The molecule has 2 N–H and O–H groups in total. The Morgan fingerprint density at radius 2 is 1.45 bits per heavy atom. The third-order valence-electron chi connectivity index (χ3n) is 7.83. The Bertz CT molecular complexity index is 1510. The second-order valence-corrected chi connectivity index (χ2v) is 12.2. The molecule has 3 aromatic carbocycles. The summed E-state index contributed by atoms with van der Waals surface area (Å²) in [6, 6.07) is 27.5. The summed E-state index contributed by atoms with van der Waals surface area (Å²) in [5.41, 5.74) is 3.28. The summed E-state index contributed by atoms with van der Waals surface area (Å²) in [5, 5.41) is 8.43. The van der Waals surface area contributed by atoms with Crippen LogP contribution in [0.5, 0.6) is 5.75 Å². The number of amides is 3. The average molecular weight is 611 g/mol. The summed E-state index contributed by atoms with van der Waals surface area (Å²) in [6.07, 6.45) is 0.922. The fourth-order valence-electron chi connectivity index (χ4n) is 5.54. The van der Waals surface area contributed by atoms with E-state index in [0.29, 0.717) is 12.3 Å². The molecule has 1 saturated heterocycles. The van der Waals surface area contributed by atoms with Gasteiger partial charge in [0.15, 0.2) is 0 Å². The monoisotopic (exact) mass is 610 g/mol. The van der Waals surface area contributed by atoms with E-state index in [2.05, 4.69) is 40.3 Å². The van der Waals surface area contributed by atoms with E-state index in [1.165, 1.54) is 0 Å². The van der Waals surface area contributed by atoms with Crippen molar-refractivity contribution in [1.29, 1.82) is 0 Å². The van der Waals surface area contributed by atoms with Gasteiger partial charge >= 0.3 is 6.09 Å². The summed E-state index contributed by atoms with van der Waals surface area (Å²) < 4.78 is 5.24. The first-order chi connectivity index (χ1) is 21.3. The van der Waals surface area contributed by atoms with Crippen LogP contribution >= 0.6 is 11.3 Å². The number of rotatable bonds is 10. The Hall–Kier alpha value is -4.50. The van der Waals surface area contributed by atoms with Gasteiger partial charge < -0.3 is 20.3 Å². The number of ether oxygens (including phenoxy) is 1. The number of benzene rings is 3. The summed E-state index contributed by atoms with van der Waals surface area (Å²) in [7, 11) is 0. The quantitative estimate of drug-likeness (QED) is 0.219. The van der Waals surface area contributed by atoms with Crippen LogP contribution in [0.25, 0.3) is 0 Å². The number of carbonyl (C=O) groups is 3. The van der Waals surface area contributed by atoms with Crippen LogP contribution in [0.1, 0.15) is 67.4 Å². The molecule has 1 aliphatic rings. The van der Waals surface area contributed by atoms with Crippen molar-refractivity contribution in [2.45, 2.75) is 57.7 Å². The number of thiazole rings is 1. The first-order valence-corrected chi connectivity index (χ1v) is 15.9. The minimum absolute atomic E-state index is 0.0155. The van der Waals surface area contributed by atoms with Crippen LogP contribution in [0.3, 0.4) is 0 Å². The fourth-order valence-corrected chi connectivity index (χ4v) is 6.53. The van der Waals surface area contributed by atoms with Crippen molar-refractivity contribution >= 4 is 29.2 Å². The molecule has 0 bridgehead atoms. The zero-order valence-corrected chi connectivity index (χ0v) is 26.0. The molecule has 5 rings (SSSR count). The van der Waals surface area contributed by atoms with Crippen LogP contribution in [0.2, 0.25) is 0 Å². The molecular weight excluding hydrogens is 572 g/mol. The number of para-hydroxylation sites is 1. The number of hydrogen-bond donors (Lipinski definition) is 2. The number of aromatic nitrogens is 1. The Kier molecular flexibility index (Phi) is 10.1. The smallest absolute Gasteiger partial charge is 0.410 e.